The minimum atomic E-state index is -0.925. The quantitative estimate of drug-likeness (QED) is 0.914. The van der Waals surface area contributed by atoms with Gasteiger partial charge in [0, 0.05) is 37.8 Å². The summed E-state index contributed by atoms with van der Waals surface area (Å²) < 4.78 is 0. The Hall–Kier alpha value is -2.63. The molecule has 2 amide bonds. The van der Waals surface area contributed by atoms with Crippen molar-refractivity contribution in [2.75, 3.05) is 26.2 Å². The Morgan fingerprint density at radius 3 is 2.50 bits per heavy atom. The van der Waals surface area contributed by atoms with Crippen molar-refractivity contribution in [2.45, 2.75) is 6.42 Å². The number of benzene rings is 1. The van der Waals surface area contributed by atoms with Crippen LogP contribution in [0, 0.1) is 0 Å². The van der Waals surface area contributed by atoms with Gasteiger partial charge in [0.25, 0.3) is 0 Å². The summed E-state index contributed by atoms with van der Waals surface area (Å²) in [5.74, 6) is 0.0159. The van der Waals surface area contributed by atoms with E-state index < -0.39 is 6.09 Å². The average molecular weight is 299 g/mol. The fourth-order valence-electron chi connectivity index (χ4n) is 2.65. The third-order valence-corrected chi connectivity index (χ3v) is 3.91. The number of amides is 2. The third-order valence-electron chi connectivity index (χ3n) is 3.91. The largest absolute Gasteiger partial charge is 0.465 e. The molecule has 2 heterocycles. The van der Waals surface area contributed by atoms with Gasteiger partial charge in [-0.2, -0.15) is 0 Å². The lowest BCUT2D eigenvalue weighted by molar-refractivity contribution is -0.132. The van der Waals surface area contributed by atoms with Gasteiger partial charge in [-0.15, -0.1) is 0 Å². The lowest BCUT2D eigenvalue weighted by atomic mass is 10.1. The number of carbonyl (C=O) groups is 2. The topological polar surface area (TPSA) is 73.7 Å². The minimum Gasteiger partial charge on any atom is -0.465 e. The molecule has 0 unspecified atom stereocenters. The molecule has 1 aliphatic rings. The molecule has 1 N–H and O–H groups in total. The van der Waals surface area contributed by atoms with Gasteiger partial charge in [0.15, 0.2) is 0 Å². The SMILES string of the molecule is O=C(O)N1CCN(C(=O)Cc2cnc3ccccc3c2)CC1. The summed E-state index contributed by atoms with van der Waals surface area (Å²) in [6.45, 7) is 1.65. The van der Waals surface area contributed by atoms with Crippen LogP contribution < -0.4 is 0 Å². The number of aromatic nitrogens is 1. The van der Waals surface area contributed by atoms with Crippen LogP contribution in [-0.4, -0.2) is 58.1 Å². The summed E-state index contributed by atoms with van der Waals surface area (Å²) in [5, 5.41) is 9.93. The molecule has 1 aliphatic heterocycles. The molecule has 1 saturated heterocycles. The molecule has 0 atom stereocenters. The number of rotatable bonds is 2. The van der Waals surface area contributed by atoms with E-state index in [0.717, 1.165) is 16.5 Å². The molecule has 0 spiro atoms. The third kappa shape index (κ3) is 3.00. The first-order chi connectivity index (χ1) is 10.6. The maximum Gasteiger partial charge on any atom is 0.407 e. The Balaban J connectivity index is 1.65. The van der Waals surface area contributed by atoms with E-state index in [1.807, 2.05) is 30.3 Å². The van der Waals surface area contributed by atoms with Gasteiger partial charge in [-0.05, 0) is 17.7 Å². The maximum absolute atomic E-state index is 12.3. The molecule has 6 nitrogen and oxygen atoms in total. The Kier molecular flexibility index (Phi) is 3.91. The Morgan fingerprint density at radius 2 is 1.77 bits per heavy atom. The first kappa shape index (κ1) is 14.3. The molecule has 0 radical (unpaired) electrons. The van der Waals surface area contributed by atoms with Gasteiger partial charge in [-0.25, -0.2) is 4.79 Å². The number of carboxylic acid groups (broad SMARTS) is 1. The number of hydrogen-bond donors (Lipinski definition) is 1. The van der Waals surface area contributed by atoms with Crippen molar-refractivity contribution < 1.29 is 14.7 Å². The zero-order chi connectivity index (χ0) is 15.5. The van der Waals surface area contributed by atoms with Crippen molar-refractivity contribution in [3.8, 4) is 0 Å². The van der Waals surface area contributed by atoms with Crippen LogP contribution in [0.4, 0.5) is 4.79 Å². The van der Waals surface area contributed by atoms with Crippen LogP contribution in [0.25, 0.3) is 10.9 Å². The number of pyridine rings is 1. The lowest BCUT2D eigenvalue weighted by Crippen LogP contribution is -2.50. The molecular weight excluding hydrogens is 282 g/mol. The Morgan fingerprint density at radius 1 is 1.09 bits per heavy atom. The number of hydrogen-bond acceptors (Lipinski definition) is 3. The normalized spacial score (nSPS) is 15.1. The van der Waals surface area contributed by atoms with Crippen molar-refractivity contribution >= 4 is 22.9 Å². The lowest BCUT2D eigenvalue weighted by Gasteiger charge is -2.33. The van der Waals surface area contributed by atoms with Crippen molar-refractivity contribution in [1.82, 2.24) is 14.8 Å². The predicted octanol–water partition coefficient (Wildman–Crippen LogP) is 1.60. The number of piperazine rings is 1. The van der Waals surface area contributed by atoms with Crippen LogP contribution in [0.3, 0.4) is 0 Å². The monoisotopic (exact) mass is 299 g/mol. The summed E-state index contributed by atoms with van der Waals surface area (Å²) in [6.07, 6.45) is 1.10. The van der Waals surface area contributed by atoms with Gasteiger partial charge in [0.05, 0.1) is 11.9 Å². The van der Waals surface area contributed by atoms with E-state index in [-0.39, 0.29) is 5.91 Å². The van der Waals surface area contributed by atoms with Crippen molar-refractivity contribution in [3.05, 3.63) is 42.1 Å². The van der Waals surface area contributed by atoms with Gasteiger partial charge in [-0.3, -0.25) is 9.78 Å². The van der Waals surface area contributed by atoms with Crippen molar-refractivity contribution in [1.29, 1.82) is 0 Å². The molecule has 1 aromatic heterocycles. The molecule has 0 saturated carbocycles. The van der Waals surface area contributed by atoms with E-state index in [4.69, 9.17) is 5.11 Å². The van der Waals surface area contributed by atoms with Crippen molar-refractivity contribution in [2.24, 2.45) is 0 Å². The van der Waals surface area contributed by atoms with Gasteiger partial charge >= 0.3 is 6.09 Å². The van der Waals surface area contributed by atoms with Gasteiger partial charge in [0.1, 0.15) is 0 Å². The summed E-state index contributed by atoms with van der Waals surface area (Å²) in [4.78, 5) is 30.6. The molecular formula is C16H17N3O3. The predicted molar refractivity (Wildman–Crippen MR) is 81.6 cm³/mol. The molecule has 3 rings (SSSR count). The molecule has 1 aromatic carbocycles. The van der Waals surface area contributed by atoms with Crippen molar-refractivity contribution in [3.63, 3.8) is 0 Å². The van der Waals surface area contributed by atoms with E-state index in [9.17, 15) is 9.59 Å². The van der Waals surface area contributed by atoms with E-state index in [0.29, 0.717) is 32.6 Å². The van der Waals surface area contributed by atoms with E-state index in [1.54, 1.807) is 11.1 Å². The highest BCUT2D eigenvalue weighted by molar-refractivity contribution is 5.82. The Labute approximate surface area is 128 Å². The summed E-state index contributed by atoms with van der Waals surface area (Å²) >= 11 is 0. The number of carbonyl (C=O) groups excluding carboxylic acids is 1. The van der Waals surface area contributed by atoms with Crippen LogP contribution in [0.1, 0.15) is 5.56 Å². The Bertz CT molecular complexity index is 709. The van der Waals surface area contributed by atoms with E-state index in [2.05, 4.69) is 4.98 Å². The standard InChI is InChI=1S/C16H17N3O3/c20-15(18-5-7-19(8-6-18)16(21)22)10-12-9-13-3-1-2-4-14(13)17-11-12/h1-4,9,11H,5-8,10H2,(H,21,22). The highest BCUT2D eigenvalue weighted by atomic mass is 16.4. The molecule has 6 heteroatoms. The van der Waals surface area contributed by atoms with Crippen LogP contribution >= 0.6 is 0 Å². The second kappa shape index (κ2) is 6.01. The first-order valence-electron chi connectivity index (χ1n) is 7.23. The molecule has 22 heavy (non-hydrogen) atoms. The molecule has 2 aromatic rings. The smallest absolute Gasteiger partial charge is 0.407 e. The second-order valence-electron chi connectivity index (χ2n) is 5.36. The van der Waals surface area contributed by atoms with E-state index >= 15 is 0 Å². The van der Waals surface area contributed by atoms with E-state index in [1.165, 1.54) is 4.90 Å². The summed E-state index contributed by atoms with van der Waals surface area (Å²) in [7, 11) is 0. The maximum atomic E-state index is 12.3. The summed E-state index contributed by atoms with van der Waals surface area (Å²) in [6, 6.07) is 9.77. The molecule has 0 bridgehead atoms. The zero-order valence-electron chi connectivity index (χ0n) is 12.1. The zero-order valence-corrected chi connectivity index (χ0v) is 12.1. The summed E-state index contributed by atoms with van der Waals surface area (Å²) in [5.41, 5.74) is 1.79. The number of nitrogens with zero attached hydrogens (tertiary/aromatic N) is 3. The second-order valence-corrected chi connectivity index (χ2v) is 5.36. The highest BCUT2D eigenvalue weighted by Crippen LogP contribution is 2.14. The minimum absolute atomic E-state index is 0.0159. The van der Waals surface area contributed by atoms with Crippen LogP contribution in [-0.2, 0) is 11.2 Å². The first-order valence-corrected chi connectivity index (χ1v) is 7.23. The van der Waals surface area contributed by atoms with Gasteiger partial charge < -0.3 is 14.9 Å². The van der Waals surface area contributed by atoms with Crippen LogP contribution in [0.15, 0.2) is 36.5 Å². The van der Waals surface area contributed by atoms with Crippen LogP contribution in [0.5, 0.6) is 0 Å². The average Bonchev–Trinajstić information content (AvgIpc) is 2.55. The van der Waals surface area contributed by atoms with Gasteiger partial charge in [-0.1, -0.05) is 18.2 Å². The van der Waals surface area contributed by atoms with Crippen LogP contribution in [0.2, 0.25) is 0 Å². The van der Waals surface area contributed by atoms with Gasteiger partial charge in [0.2, 0.25) is 5.91 Å². The number of fused-ring (bicyclic) bond motifs is 1. The molecule has 1 fully saturated rings. The highest BCUT2D eigenvalue weighted by Gasteiger charge is 2.23. The molecule has 0 aliphatic carbocycles. The fraction of sp³-hybridized carbons (Fsp3) is 0.312. The molecule has 114 valence electrons. The fourth-order valence-corrected chi connectivity index (χ4v) is 2.65. The number of para-hydroxylation sites is 1.